The number of aryl methyl sites for hydroxylation is 1. The zero-order chi connectivity index (χ0) is 12.8. The number of aromatic hydroxyl groups is 2. The third kappa shape index (κ3) is 2.37. The molecule has 2 aromatic rings. The van der Waals surface area contributed by atoms with Crippen LogP contribution < -0.4 is 0 Å². The van der Waals surface area contributed by atoms with E-state index in [4.69, 9.17) is 0 Å². The van der Waals surface area contributed by atoms with Crippen LogP contribution in [0, 0.1) is 6.92 Å². The zero-order valence-corrected chi connectivity index (χ0v) is 10.2. The van der Waals surface area contributed by atoms with Crippen molar-refractivity contribution >= 4 is 20.9 Å². The lowest BCUT2D eigenvalue weighted by atomic mass is 10.1. The van der Waals surface area contributed by atoms with Gasteiger partial charge in [-0.15, -0.1) is 0 Å². The van der Waals surface area contributed by atoms with Crippen LogP contribution in [0.3, 0.4) is 0 Å². The monoisotopic (exact) mass is 271 g/mol. The third-order valence-electron chi connectivity index (χ3n) is 2.50. The van der Waals surface area contributed by atoms with Crippen molar-refractivity contribution in [3.8, 4) is 11.5 Å². The molecule has 98 valence electrons. The molecule has 0 bridgehead atoms. The maximum Gasteiger partial charge on any atom is 0.133 e. The Morgan fingerprint density at radius 1 is 1.00 bits per heavy atom. The summed E-state index contributed by atoms with van der Waals surface area (Å²) >= 11 is 0. The maximum absolute atomic E-state index is 10.9. The number of rotatable bonds is 1. The summed E-state index contributed by atoms with van der Waals surface area (Å²) in [7, 11) is -4.71. The van der Waals surface area contributed by atoms with Gasteiger partial charge in [-0.3, -0.25) is 0 Å². The lowest BCUT2D eigenvalue weighted by Crippen LogP contribution is -1.99. The van der Waals surface area contributed by atoms with Gasteiger partial charge < -0.3 is 20.2 Å². The van der Waals surface area contributed by atoms with Crippen LogP contribution in [0.15, 0.2) is 29.2 Å². The first-order valence-electron chi connectivity index (χ1n) is 4.71. The van der Waals surface area contributed by atoms with E-state index in [0.29, 0.717) is 16.3 Å². The van der Waals surface area contributed by atoms with Gasteiger partial charge >= 0.3 is 0 Å². The predicted molar refractivity (Wildman–Crippen MR) is 63.6 cm³/mol. The van der Waals surface area contributed by atoms with E-state index in [1.54, 1.807) is 13.0 Å². The van der Waals surface area contributed by atoms with E-state index in [9.17, 15) is 23.2 Å². The number of phenolic OH excluding ortho intramolecular Hbond substituents is 2. The van der Waals surface area contributed by atoms with Crippen molar-refractivity contribution in [3.05, 3.63) is 29.8 Å². The van der Waals surface area contributed by atoms with Gasteiger partial charge in [0.1, 0.15) is 21.6 Å². The fourth-order valence-electron chi connectivity index (χ4n) is 1.62. The minimum Gasteiger partial charge on any atom is -0.744 e. The van der Waals surface area contributed by atoms with Gasteiger partial charge in [-0.05, 0) is 47.5 Å². The van der Waals surface area contributed by atoms with Crippen molar-refractivity contribution in [3.63, 3.8) is 0 Å². The van der Waals surface area contributed by atoms with Gasteiger partial charge in [-0.1, -0.05) is 0 Å². The molecule has 0 heterocycles. The van der Waals surface area contributed by atoms with Crippen LogP contribution in [-0.4, -0.2) is 28.7 Å². The van der Waals surface area contributed by atoms with E-state index < -0.39 is 20.8 Å². The smallest absolute Gasteiger partial charge is 0.133 e. The summed E-state index contributed by atoms with van der Waals surface area (Å²) in [6.07, 6.45) is 0. The fourth-order valence-corrected chi connectivity index (χ4v) is 2.21. The molecule has 0 fully saturated rings. The lowest BCUT2D eigenvalue weighted by molar-refractivity contribution is 0.436. The van der Waals surface area contributed by atoms with E-state index in [1.807, 2.05) is 0 Å². The van der Waals surface area contributed by atoms with Crippen molar-refractivity contribution < 1.29 is 28.7 Å². The number of benzene rings is 2. The molecule has 0 atom stereocenters. The standard InChI is InChI=1S/C11H10O5S.H2O/c1-6-2-7-5-11(17(14,15)16)10(13)4-8(7)3-9(6)12;/h2-5,12-13H,1H3,(H,14,15,16);1H2/p-1. The Balaban J connectivity index is 0.00000162. The van der Waals surface area contributed by atoms with E-state index in [2.05, 4.69) is 0 Å². The second-order valence-corrected chi connectivity index (χ2v) is 5.11. The number of fused-ring (bicyclic) bond motifs is 1. The van der Waals surface area contributed by atoms with Gasteiger partial charge in [0.15, 0.2) is 0 Å². The highest BCUT2D eigenvalue weighted by Gasteiger charge is 2.11. The number of hydrogen-bond donors (Lipinski definition) is 2. The Morgan fingerprint density at radius 2 is 1.50 bits per heavy atom. The van der Waals surface area contributed by atoms with Gasteiger partial charge in [0.2, 0.25) is 0 Å². The molecule has 0 aromatic heterocycles. The minimum absolute atomic E-state index is 0. The first-order valence-corrected chi connectivity index (χ1v) is 6.12. The van der Waals surface area contributed by atoms with E-state index in [1.165, 1.54) is 6.07 Å². The van der Waals surface area contributed by atoms with Crippen molar-refractivity contribution in [1.82, 2.24) is 0 Å². The van der Waals surface area contributed by atoms with Crippen molar-refractivity contribution in [2.75, 3.05) is 0 Å². The van der Waals surface area contributed by atoms with Crippen LogP contribution >= 0.6 is 0 Å². The molecule has 0 aliphatic heterocycles. The fraction of sp³-hybridized carbons (Fsp3) is 0.0909. The molecule has 0 saturated heterocycles. The first kappa shape index (κ1) is 14.2. The molecular formula is C11H11O6S-. The van der Waals surface area contributed by atoms with Gasteiger partial charge in [0, 0.05) is 0 Å². The zero-order valence-electron chi connectivity index (χ0n) is 9.34. The van der Waals surface area contributed by atoms with Crippen molar-refractivity contribution in [1.29, 1.82) is 0 Å². The summed E-state index contributed by atoms with van der Waals surface area (Å²) in [5.41, 5.74) is 0.553. The minimum atomic E-state index is -4.71. The van der Waals surface area contributed by atoms with Crippen molar-refractivity contribution in [2.45, 2.75) is 11.8 Å². The second kappa shape index (κ2) is 4.45. The van der Waals surface area contributed by atoms with Crippen LogP contribution in [0.5, 0.6) is 11.5 Å². The van der Waals surface area contributed by atoms with E-state index in [-0.39, 0.29) is 11.2 Å². The van der Waals surface area contributed by atoms with Gasteiger partial charge in [0.05, 0.1) is 4.90 Å². The molecule has 0 saturated carbocycles. The average Bonchev–Trinajstić information content (AvgIpc) is 2.18. The van der Waals surface area contributed by atoms with Gasteiger partial charge in [0.25, 0.3) is 0 Å². The summed E-state index contributed by atoms with van der Waals surface area (Å²) in [6, 6.07) is 5.17. The molecule has 0 spiro atoms. The highest BCUT2D eigenvalue weighted by Crippen LogP contribution is 2.31. The quantitative estimate of drug-likeness (QED) is 0.735. The molecule has 2 aromatic carbocycles. The van der Waals surface area contributed by atoms with Crippen LogP contribution in [0.25, 0.3) is 10.8 Å². The Labute approximate surface area is 103 Å². The number of phenols is 2. The molecule has 0 unspecified atom stereocenters. The Bertz CT molecular complexity index is 705. The van der Waals surface area contributed by atoms with Gasteiger partial charge in [-0.2, -0.15) is 0 Å². The second-order valence-electron chi connectivity index (χ2n) is 3.76. The Hall–Kier alpha value is -1.83. The normalized spacial score (nSPS) is 11.2. The molecule has 6 nitrogen and oxygen atoms in total. The molecule has 0 aliphatic rings. The Kier molecular flexibility index (Phi) is 3.52. The molecule has 0 radical (unpaired) electrons. The summed E-state index contributed by atoms with van der Waals surface area (Å²) in [5, 5.41) is 19.8. The maximum atomic E-state index is 10.9. The van der Waals surface area contributed by atoms with E-state index in [0.717, 1.165) is 12.1 Å². The van der Waals surface area contributed by atoms with Crippen molar-refractivity contribution in [2.24, 2.45) is 0 Å². The lowest BCUT2D eigenvalue weighted by Gasteiger charge is -2.11. The molecule has 0 aliphatic carbocycles. The highest BCUT2D eigenvalue weighted by atomic mass is 32.2. The van der Waals surface area contributed by atoms with Crippen LogP contribution in [0.4, 0.5) is 0 Å². The van der Waals surface area contributed by atoms with Gasteiger partial charge in [-0.25, -0.2) is 8.42 Å². The number of hydrogen-bond acceptors (Lipinski definition) is 5. The SMILES string of the molecule is Cc1cc2cc(S(=O)(=O)[O-])c(O)cc2cc1O.O. The molecular weight excluding hydrogens is 260 g/mol. The topological polar surface area (TPSA) is 129 Å². The summed E-state index contributed by atoms with van der Waals surface area (Å²) in [6.45, 7) is 1.65. The Morgan fingerprint density at radius 3 is 2.06 bits per heavy atom. The summed E-state index contributed by atoms with van der Waals surface area (Å²) in [4.78, 5) is -0.657. The van der Waals surface area contributed by atoms with E-state index >= 15 is 0 Å². The predicted octanol–water partition coefficient (Wildman–Crippen LogP) is 0.639. The highest BCUT2D eigenvalue weighted by molar-refractivity contribution is 7.85. The third-order valence-corrected chi connectivity index (χ3v) is 3.37. The van der Waals surface area contributed by atoms with Crippen LogP contribution in [0.2, 0.25) is 0 Å². The largest absolute Gasteiger partial charge is 0.744 e. The first-order chi connectivity index (χ1) is 7.79. The summed E-state index contributed by atoms with van der Waals surface area (Å²) in [5.74, 6) is -0.578. The molecule has 0 amide bonds. The molecule has 7 heteroatoms. The van der Waals surface area contributed by atoms with Crippen LogP contribution in [0.1, 0.15) is 5.56 Å². The average molecular weight is 271 g/mol. The summed E-state index contributed by atoms with van der Waals surface area (Å²) < 4.78 is 32.7. The molecule has 18 heavy (non-hydrogen) atoms. The molecule has 2 rings (SSSR count). The van der Waals surface area contributed by atoms with Crippen LogP contribution in [-0.2, 0) is 10.1 Å². The molecule has 4 N–H and O–H groups in total.